The molecule has 0 atom stereocenters. The van der Waals surface area contributed by atoms with E-state index < -0.39 is 17.7 Å². The molecule has 1 aliphatic rings. The van der Waals surface area contributed by atoms with Gasteiger partial charge in [0.2, 0.25) is 0 Å². The van der Waals surface area contributed by atoms with E-state index in [-0.39, 0.29) is 13.2 Å². The molecule has 0 unspecified atom stereocenters. The summed E-state index contributed by atoms with van der Waals surface area (Å²) >= 11 is 0. The number of benzene rings is 2. The maximum absolute atomic E-state index is 12.1. The van der Waals surface area contributed by atoms with E-state index in [9.17, 15) is 14.4 Å². The lowest BCUT2D eigenvalue weighted by Gasteiger charge is -2.17. The normalized spacial score (nSPS) is 13.2. The minimum atomic E-state index is -0.689. The number of Topliss-reactive ketones (excluding diaryl/α,β-unsaturated/α-hetero) is 1. The van der Waals surface area contributed by atoms with Gasteiger partial charge in [0, 0.05) is 0 Å². The molecule has 0 aromatic heterocycles. The van der Waals surface area contributed by atoms with Crippen molar-refractivity contribution >= 4 is 23.3 Å². The first-order valence-corrected chi connectivity index (χ1v) is 7.23. The van der Waals surface area contributed by atoms with Gasteiger partial charge in [0.05, 0.1) is 11.3 Å². The van der Waals surface area contributed by atoms with Crippen molar-refractivity contribution in [3.05, 3.63) is 65.2 Å². The second kappa shape index (κ2) is 6.04. The van der Waals surface area contributed by atoms with E-state index in [0.29, 0.717) is 11.3 Å². The van der Waals surface area contributed by atoms with E-state index >= 15 is 0 Å². The number of carbonyl (C=O) groups is 3. The number of rotatable bonds is 4. The van der Waals surface area contributed by atoms with Crippen molar-refractivity contribution in [2.75, 3.05) is 11.4 Å². The summed E-state index contributed by atoms with van der Waals surface area (Å²) in [6.45, 7) is 1.67. The molecule has 5 nitrogen and oxygen atoms in total. The first-order valence-electron chi connectivity index (χ1n) is 7.23. The van der Waals surface area contributed by atoms with Gasteiger partial charge in [-0.25, -0.2) is 0 Å². The van der Waals surface area contributed by atoms with Crippen LogP contribution < -0.4 is 4.90 Å². The minimum absolute atomic E-state index is 0.135. The van der Waals surface area contributed by atoms with Gasteiger partial charge < -0.3 is 4.74 Å². The third kappa shape index (κ3) is 2.85. The molecule has 3 rings (SSSR count). The maximum Gasteiger partial charge on any atom is 0.326 e. The molecule has 0 aliphatic carbocycles. The average Bonchev–Trinajstić information content (AvgIpc) is 2.80. The molecule has 1 aliphatic heterocycles. The Kier molecular flexibility index (Phi) is 3.93. The number of amides is 1. The van der Waals surface area contributed by atoms with Gasteiger partial charge in [0.25, 0.3) is 11.7 Å². The Hall–Kier alpha value is -2.95. The van der Waals surface area contributed by atoms with E-state index in [0.717, 1.165) is 11.1 Å². The predicted molar refractivity (Wildman–Crippen MR) is 84.1 cm³/mol. The molecule has 0 spiro atoms. The van der Waals surface area contributed by atoms with Crippen LogP contribution in [-0.4, -0.2) is 24.2 Å². The molecule has 0 radical (unpaired) electrons. The Morgan fingerprint density at radius 1 is 1.04 bits per heavy atom. The number of hydrogen-bond donors (Lipinski definition) is 0. The van der Waals surface area contributed by atoms with Crippen LogP contribution in [0.4, 0.5) is 5.69 Å². The number of nitrogens with zero attached hydrogens (tertiary/aromatic N) is 1. The first kappa shape index (κ1) is 15.0. The van der Waals surface area contributed by atoms with Gasteiger partial charge >= 0.3 is 5.97 Å². The van der Waals surface area contributed by atoms with E-state index in [4.69, 9.17) is 4.74 Å². The van der Waals surface area contributed by atoms with Crippen molar-refractivity contribution in [1.29, 1.82) is 0 Å². The number of para-hydroxylation sites is 1. The van der Waals surface area contributed by atoms with E-state index in [1.807, 2.05) is 30.3 Å². The highest BCUT2D eigenvalue weighted by Gasteiger charge is 2.37. The monoisotopic (exact) mass is 309 g/mol. The van der Waals surface area contributed by atoms with Gasteiger partial charge in [-0.2, -0.15) is 0 Å². The van der Waals surface area contributed by atoms with Crippen molar-refractivity contribution in [3.63, 3.8) is 0 Å². The Morgan fingerprint density at radius 3 is 2.52 bits per heavy atom. The highest BCUT2D eigenvalue weighted by molar-refractivity contribution is 6.52. The minimum Gasteiger partial charge on any atom is -0.459 e. The fourth-order valence-electron chi connectivity index (χ4n) is 2.60. The Balaban J connectivity index is 1.72. The Labute approximate surface area is 133 Å². The number of esters is 1. The number of hydrogen-bond acceptors (Lipinski definition) is 4. The van der Waals surface area contributed by atoms with Crippen molar-refractivity contribution < 1.29 is 19.1 Å². The number of carbonyl (C=O) groups excluding carboxylic acids is 3. The fraction of sp³-hybridized carbons (Fsp3) is 0.167. The molecule has 1 amide bonds. The maximum atomic E-state index is 12.1. The van der Waals surface area contributed by atoms with Gasteiger partial charge in [0.1, 0.15) is 13.2 Å². The fourth-order valence-corrected chi connectivity index (χ4v) is 2.60. The standard InChI is InChI=1S/C18H15NO4/c1-12-6-5-9-14-16(12)19(18(22)17(14)21)10-15(20)23-11-13-7-3-2-4-8-13/h2-9H,10-11H2,1H3. The number of aryl methyl sites for hydroxylation is 1. The SMILES string of the molecule is Cc1cccc2c1N(CC(=O)OCc1ccccc1)C(=O)C2=O. The lowest BCUT2D eigenvalue weighted by Crippen LogP contribution is -2.35. The first-order chi connectivity index (χ1) is 11.1. The summed E-state index contributed by atoms with van der Waals surface area (Å²) in [6.07, 6.45) is 0. The van der Waals surface area contributed by atoms with Crippen molar-refractivity contribution in [2.45, 2.75) is 13.5 Å². The smallest absolute Gasteiger partial charge is 0.326 e. The molecule has 2 aromatic rings. The largest absolute Gasteiger partial charge is 0.459 e. The van der Waals surface area contributed by atoms with Crippen LogP contribution in [0.25, 0.3) is 0 Å². The van der Waals surface area contributed by atoms with E-state index in [2.05, 4.69) is 0 Å². The number of fused-ring (bicyclic) bond motifs is 1. The summed E-state index contributed by atoms with van der Waals surface area (Å²) < 4.78 is 5.18. The van der Waals surface area contributed by atoms with Crippen LogP contribution in [0.15, 0.2) is 48.5 Å². The van der Waals surface area contributed by atoms with Crippen molar-refractivity contribution in [3.8, 4) is 0 Å². The number of anilines is 1. The third-order valence-electron chi connectivity index (χ3n) is 3.72. The molecule has 0 N–H and O–H groups in total. The topological polar surface area (TPSA) is 63.7 Å². The van der Waals surface area contributed by atoms with E-state index in [1.165, 1.54) is 4.90 Å². The van der Waals surface area contributed by atoms with Gasteiger partial charge in [-0.05, 0) is 24.1 Å². The van der Waals surface area contributed by atoms with Crippen LogP contribution >= 0.6 is 0 Å². The van der Waals surface area contributed by atoms with Crippen LogP contribution in [0, 0.1) is 6.92 Å². The quantitative estimate of drug-likeness (QED) is 0.642. The summed E-state index contributed by atoms with van der Waals surface area (Å²) in [4.78, 5) is 37.3. The van der Waals surface area contributed by atoms with Crippen LogP contribution in [0.1, 0.15) is 21.5 Å². The Bertz CT molecular complexity index is 783. The second-order valence-corrected chi connectivity index (χ2v) is 5.34. The molecule has 0 bridgehead atoms. The summed E-state index contributed by atoms with van der Waals surface area (Å²) in [5, 5.41) is 0. The van der Waals surface area contributed by atoms with Crippen LogP contribution in [0.2, 0.25) is 0 Å². The lowest BCUT2D eigenvalue weighted by atomic mass is 10.1. The second-order valence-electron chi connectivity index (χ2n) is 5.34. The summed E-state index contributed by atoms with van der Waals surface area (Å²) in [5.74, 6) is -1.82. The molecule has 1 heterocycles. The molecule has 116 valence electrons. The van der Waals surface area contributed by atoms with Crippen LogP contribution in [0.3, 0.4) is 0 Å². The van der Waals surface area contributed by atoms with Crippen LogP contribution in [-0.2, 0) is 20.9 Å². The Morgan fingerprint density at radius 2 is 1.78 bits per heavy atom. The average molecular weight is 309 g/mol. The molecular formula is C18H15NO4. The molecule has 0 saturated carbocycles. The zero-order valence-electron chi connectivity index (χ0n) is 12.6. The van der Waals surface area contributed by atoms with Crippen molar-refractivity contribution in [1.82, 2.24) is 0 Å². The van der Waals surface area contributed by atoms with Crippen molar-refractivity contribution in [2.24, 2.45) is 0 Å². The lowest BCUT2D eigenvalue weighted by molar-refractivity contribution is -0.143. The predicted octanol–water partition coefficient (Wildman–Crippen LogP) is 2.27. The zero-order chi connectivity index (χ0) is 16.4. The van der Waals surface area contributed by atoms with Gasteiger partial charge in [0.15, 0.2) is 0 Å². The van der Waals surface area contributed by atoms with Crippen LogP contribution in [0.5, 0.6) is 0 Å². The number of ketones is 1. The highest BCUT2D eigenvalue weighted by Crippen LogP contribution is 2.31. The van der Waals surface area contributed by atoms with Gasteiger partial charge in [-0.15, -0.1) is 0 Å². The summed E-state index contributed by atoms with van der Waals surface area (Å²) in [6, 6.07) is 14.4. The molecule has 5 heteroatoms. The number of ether oxygens (including phenoxy) is 1. The summed E-state index contributed by atoms with van der Waals surface area (Å²) in [5.41, 5.74) is 2.48. The molecule has 0 saturated heterocycles. The van der Waals surface area contributed by atoms with Gasteiger partial charge in [-0.3, -0.25) is 19.3 Å². The third-order valence-corrected chi connectivity index (χ3v) is 3.72. The van der Waals surface area contributed by atoms with E-state index in [1.54, 1.807) is 25.1 Å². The molecule has 2 aromatic carbocycles. The molecule has 23 heavy (non-hydrogen) atoms. The van der Waals surface area contributed by atoms with Gasteiger partial charge in [-0.1, -0.05) is 42.5 Å². The molecule has 0 fully saturated rings. The zero-order valence-corrected chi connectivity index (χ0v) is 12.6. The molecular weight excluding hydrogens is 294 g/mol. The summed E-state index contributed by atoms with van der Waals surface area (Å²) in [7, 11) is 0. The highest BCUT2D eigenvalue weighted by atomic mass is 16.5.